The molecule has 18 atom stereocenters. The second kappa shape index (κ2) is 21.2. The van der Waals surface area contributed by atoms with Crippen molar-refractivity contribution in [3.05, 3.63) is 29.3 Å². The van der Waals surface area contributed by atoms with Crippen LogP contribution in [0.15, 0.2) is 29.4 Å². The molecule has 0 amide bonds. The molecule has 0 radical (unpaired) electrons. The van der Waals surface area contributed by atoms with Crippen LogP contribution in [0.5, 0.6) is 5.75 Å². The number of aliphatic hydroxyl groups excluding tert-OH is 3. The van der Waals surface area contributed by atoms with E-state index < -0.39 is 102 Å². The number of hydrogen-bond donors (Lipinski definition) is 5. The van der Waals surface area contributed by atoms with Gasteiger partial charge in [-0.05, 0) is 99.2 Å². The number of carbonyl (C=O) groups is 1. The Balaban J connectivity index is 1.84. The van der Waals surface area contributed by atoms with Gasteiger partial charge in [-0.2, -0.15) is 0 Å². The molecule has 61 heavy (non-hydrogen) atoms. The van der Waals surface area contributed by atoms with Crippen LogP contribution in [0.2, 0.25) is 5.02 Å². The van der Waals surface area contributed by atoms with E-state index in [1.165, 1.54) is 14.0 Å². The van der Waals surface area contributed by atoms with E-state index in [-0.39, 0.29) is 43.9 Å². The molecule has 2 unspecified atom stereocenters. The zero-order chi connectivity index (χ0) is 45.8. The smallest absolute Gasteiger partial charge is 0.311 e. The van der Waals surface area contributed by atoms with Crippen LogP contribution in [0.4, 0.5) is 0 Å². The van der Waals surface area contributed by atoms with Gasteiger partial charge in [0.1, 0.15) is 29.7 Å². The van der Waals surface area contributed by atoms with Gasteiger partial charge in [0.05, 0.1) is 53.4 Å². The van der Waals surface area contributed by atoms with Crippen molar-refractivity contribution >= 4 is 23.3 Å². The highest BCUT2D eigenvalue weighted by Crippen LogP contribution is 2.41. The van der Waals surface area contributed by atoms with Gasteiger partial charge in [0.2, 0.25) is 0 Å². The summed E-state index contributed by atoms with van der Waals surface area (Å²) in [7, 11) is 5.21. The van der Waals surface area contributed by atoms with Crippen LogP contribution in [-0.4, -0.2) is 154 Å². The summed E-state index contributed by atoms with van der Waals surface area (Å²) in [5.41, 5.74) is -4.57. The average Bonchev–Trinajstić information content (AvgIpc) is 3.19. The second-order valence-electron chi connectivity index (χ2n) is 18.4. The molecule has 1 aromatic carbocycles. The maximum absolute atomic E-state index is 14.4. The molecule has 0 aliphatic carbocycles. The number of ether oxygens (including phenoxy) is 7. The van der Waals surface area contributed by atoms with Crippen LogP contribution in [0, 0.1) is 23.7 Å². The molecule has 0 bridgehead atoms. The van der Waals surface area contributed by atoms with E-state index >= 15 is 0 Å². The van der Waals surface area contributed by atoms with Gasteiger partial charge in [0.25, 0.3) is 6.79 Å². The number of halogens is 1. The number of hydrogen-bond acceptors (Lipinski definition) is 16. The Kier molecular flexibility index (Phi) is 17.9. The molecule has 3 aliphatic rings. The molecule has 350 valence electrons. The van der Waals surface area contributed by atoms with Crippen molar-refractivity contribution in [2.45, 2.75) is 179 Å². The molecular weight excluding hydrogens is 816 g/mol. The number of aliphatic hydroxyl groups is 5. The third-order valence-corrected chi connectivity index (χ3v) is 13.4. The monoisotopic (exact) mass is 888 g/mol. The van der Waals surface area contributed by atoms with Gasteiger partial charge in [-0.1, -0.05) is 44.5 Å². The number of rotatable bonds is 11. The molecule has 3 saturated heterocycles. The summed E-state index contributed by atoms with van der Waals surface area (Å²) in [4.78, 5) is 22.0. The van der Waals surface area contributed by atoms with Crippen LogP contribution in [-0.2, 0) is 38.1 Å². The summed E-state index contributed by atoms with van der Waals surface area (Å²) >= 11 is 6.02. The molecule has 5 N–H and O–H groups in total. The number of oxime groups is 1. The van der Waals surface area contributed by atoms with Crippen molar-refractivity contribution in [1.29, 1.82) is 0 Å². The van der Waals surface area contributed by atoms with Crippen molar-refractivity contribution in [2.24, 2.45) is 28.8 Å². The fraction of sp³-hybridized carbons (Fsp3) is 0.818. The minimum absolute atomic E-state index is 0.0510. The van der Waals surface area contributed by atoms with Crippen molar-refractivity contribution in [3.63, 3.8) is 0 Å². The average molecular weight is 890 g/mol. The topological polar surface area (TPSA) is 208 Å². The van der Waals surface area contributed by atoms with Crippen molar-refractivity contribution in [3.8, 4) is 5.75 Å². The predicted octanol–water partition coefficient (Wildman–Crippen LogP) is 4.28. The molecule has 17 heteroatoms. The van der Waals surface area contributed by atoms with E-state index in [1.807, 2.05) is 25.9 Å². The van der Waals surface area contributed by atoms with Gasteiger partial charge in [0.15, 0.2) is 12.6 Å². The summed E-state index contributed by atoms with van der Waals surface area (Å²) in [5, 5.41) is 64.5. The van der Waals surface area contributed by atoms with E-state index in [0.29, 0.717) is 17.2 Å². The highest BCUT2D eigenvalue weighted by Gasteiger charge is 2.53. The first-order valence-electron chi connectivity index (χ1n) is 21.5. The predicted molar refractivity (Wildman–Crippen MR) is 227 cm³/mol. The lowest BCUT2D eigenvalue weighted by Gasteiger charge is -2.49. The Morgan fingerprint density at radius 3 is 2.15 bits per heavy atom. The number of benzene rings is 1. The standard InChI is InChI=1S/C44H73ClN2O14/c1-14-32-44(10,53)37(49)25(4)34(46-56-22-55-30-17-15-29(45)16-18-30)23(2)20-42(8,52)39(61-41-35(48)31(47(11)12)19-24(3)57-41)26(5)36(27(6)40(51)59-32)60-33-21-43(9,54-13)38(50)28(7)58-33/h15-18,23-28,31-33,35-39,41,48-50,52-53H,14,19-22H2,1-13H3/b46-34+/t23-,24-,25+,26+,27-,28+,31+,32?,33+,35-,36?,37-,38+,39-,41+,42-,43-,44-/m1/s1. The highest BCUT2D eigenvalue weighted by molar-refractivity contribution is 6.30. The van der Waals surface area contributed by atoms with E-state index in [9.17, 15) is 30.3 Å². The minimum Gasteiger partial charge on any atom is -0.459 e. The number of carbonyl (C=O) groups excluding carboxylic acids is 1. The molecule has 3 aliphatic heterocycles. The quantitative estimate of drug-likeness (QED) is 0.0910. The molecule has 3 fully saturated rings. The van der Waals surface area contributed by atoms with E-state index in [1.54, 1.807) is 79.7 Å². The molecule has 0 aromatic heterocycles. The molecule has 3 heterocycles. The van der Waals surface area contributed by atoms with Crippen molar-refractivity contribution < 1.29 is 68.3 Å². The zero-order valence-electron chi connectivity index (χ0n) is 38.2. The van der Waals surface area contributed by atoms with Crippen LogP contribution in [0.3, 0.4) is 0 Å². The highest BCUT2D eigenvalue weighted by atomic mass is 35.5. The van der Waals surface area contributed by atoms with Crippen molar-refractivity contribution in [2.75, 3.05) is 28.0 Å². The number of esters is 1. The van der Waals surface area contributed by atoms with Crippen LogP contribution < -0.4 is 4.74 Å². The number of methoxy groups -OCH3 is 1. The molecule has 0 saturated carbocycles. The molecule has 16 nitrogen and oxygen atoms in total. The third kappa shape index (κ3) is 12.1. The second-order valence-corrected chi connectivity index (χ2v) is 18.9. The first-order valence-corrected chi connectivity index (χ1v) is 21.9. The largest absolute Gasteiger partial charge is 0.459 e. The number of nitrogens with zero attached hydrogens (tertiary/aromatic N) is 2. The lowest BCUT2D eigenvalue weighted by Crippen LogP contribution is -2.61. The fourth-order valence-corrected chi connectivity index (χ4v) is 9.45. The maximum atomic E-state index is 14.4. The Labute approximate surface area is 366 Å². The maximum Gasteiger partial charge on any atom is 0.311 e. The van der Waals surface area contributed by atoms with E-state index in [2.05, 4.69) is 5.16 Å². The number of likely N-dealkylation sites (N-methyl/N-ethyl adjacent to an activating group) is 1. The third-order valence-electron chi connectivity index (χ3n) is 13.1. The molecule has 1 aromatic rings. The van der Waals surface area contributed by atoms with Crippen LogP contribution >= 0.6 is 11.6 Å². The van der Waals surface area contributed by atoms with Gasteiger partial charge in [0, 0.05) is 42.3 Å². The zero-order valence-corrected chi connectivity index (χ0v) is 38.9. The number of cyclic esters (lactones) is 1. The lowest BCUT2D eigenvalue weighted by molar-refractivity contribution is -0.317. The summed E-state index contributed by atoms with van der Waals surface area (Å²) in [6.07, 6.45) is -9.68. The normalized spacial score (nSPS) is 44.0. The Morgan fingerprint density at radius 2 is 1.56 bits per heavy atom. The van der Waals surface area contributed by atoms with Gasteiger partial charge >= 0.3 is 5.97 Å². The first-order chi connectivity index (χ1) is 28.4. The Hall–Kier alpha value is -2.19. The fourth-order valence-electron chi connectivity index (χ4n) is 9.32. The summed E-state index contributed by atoms with van der Waals surface area (Å²) in [6.45, 7) is 16.6. The van der Waals surface area contributed by atoms with Crippen LogP contribution in [0.1, 0.15) is 94.9 Å². The molecule has 0 spiro atoms. The summed E-state index contributed by atoms with van der Waals surface area (Å²) in [6, 6.07) is 6.34. The minimum atomic E-state index is -1.99. The Bertz CT molecular complexity index is 1580. The van der Waals surface area contributed by atoms with Crippen molar-refractivity contribution in [1.82, 2.24) is 4.90 Å². The van der Waals surface area contributed by atoms with Gasteiger partial charge in [-0.25, -0.2) is 0 Å². The van der Waals surface area contributed by atoms with E-state index in [0.717, 1.165) is 0 Å². The lowest BCUT2D eigenvalue weighted by atomic mass is 9.73. The summed E-state index contributed by atoms with van der Waals surface area (Å²) in [5.74, 6) is -3.76. The molecular formula is C44H73ClN2O14. The Morgan fingerprint density at radius 1 is 0.918 bits per heavy atom. The van der Waals surface area contributed by atoms with Gasteiger partial charge < -0.3 is 68.4 Å². The van der Waals surface area contributed by atoms with Crippen LogP contribution in [0.25, 0.3) is 0 Å². The molecule has 4 rings (SSSR count). The first kappa shape index (κ1) is 51.4. The van der Waals surface area contributed by atoms with Gasteiger partial charge in [-0.15, -0.1) is 0 Å². The SMILES string of the molecule is CCC1OC(=O)[C@H](C)C(O[C@H]2C[C@@](C)(OC)[C@@H](O)[C@H](C)O2)[C@H](C)[C@@H](O[C@@H]2O[C@H](C)C[C@H](N(C)C)[C@H]2O)[C@](C)(O)C[C@@H](C)/C(=N\OCOc2ccc(Cl)cc2)[C@H](C)[C@@H](O)[C@]1(C)O. The summed E-state index contributed by atoms with van der Waals surface area (Å²) < 4.78 is 43.5. The van der Waals surface area contributed by atoms with Gasteiger partial charge in [-0.3, -0.25) is 4.79 Å². The van der Waals surface area contributed by atoms with E-state index in [4.69, 9.17) is 49.6 Å².